The van der Waals surface area contributed by atoms with Crippen LogP contribution in [0.5, 0.6) is 5.75 Å². The molecule has 1 saturated heterocycles. The number of aromatic nitrogens is 1. The summed E-state index contributed by atoms with van der Waals surface area (Å²) in [5.74, 6) is -0.350. The van der Waals surface area contributed by atoms with Crippen molar-refractivity contribution in [3.63, 3.8) is 0 Å². The Balaban J connectivity index is 1.28. The molecule has 0 amide bonds. The van der Waals surface area contributed by atoms with E-state index in [4.69, 9.17) is 14.2 Å². The third kappa shape index (κ3) is 6.98. The lowest BCUT2D eigenvalue weighted by Crippen LogP contribution is -2.50. The van der Waals surface area contributed by atoms with Crippen molar-refractivity contribution in [2.75, 3.05) is 0 Å². The van der Waals surface area contributed by atoms with Gasteiger partial charge in [-0.15, -0.1) is 0 Å². The molecule has 1 saturated carbocycles. The number of para-hydroxylation sites is 1. The highest BCUT2D eigenvalue weighted by atomic mass is 19.1. The Kier molecular flexibility index (Phi) is 9.29. The third-order valence-electron chi connectivity index (χ3n) is 8.87. The summed E-state index contributed by atoms with van der Waals surface area (Å²) in [7, 11) is 0. The molecule has 1 aliphatic carbocycles. The van der Waals surface area contributed by atoms with Gasteiger partial charge in [-0.3, -0.25) is 4.79 Å². The summed E-state index contributed by atoms with van der Waals surface area (Å²) in [6.07, 6.45) is 6.21. The van der Waals surface area contributed by atoms with Crippen LogP contribution in [-0.4, -0.2) is 28.5 Å². The van der Waals surface area contributed by atoms with E-state index in [2.05, 4.69) is 48.7 Å². The number of nitrogens with zero attached hydrogens (tertiary/aromatic N) is 1. The first-order chi connectivity index (χ1) is 21.4. The zero-order chi connectivity index (χ0) is 30.5. The highest BCUT2D eigenvalue weighted by Crippen LogP contribution is 2.42. The maximum atomic E-state index is 14.0. The molecule has 1 aliphatic heterocycles. The SMILES string of the molecule is CC(C)c1cc(-c2ccccc2)c(-c2ccc(F)cc2)n1CC[C@@H]1C[C@H](CC(=O)Oc2ccccc2)OC2(CCCCC2)O1. The molecule has 2 atom stereocenters. The topological polar surface area (TPSA) is 49.7 Å². The largest absolute Gasteiger partial charge is 0.426 e. The van der Waals surface area contributed by atoms with Crippen LogP contribution >= 0.6 is 0 Å². The van der Waals surface area contributed by atoms with Gasteiger partial charge in [0, 0.05) is 37.1 Å². The fourth-order valence-electron chi connectivity index (χ4n) is 6.82. The average Bonchev–Trinajstić information content (AvgIpc) is 3.41. The number of halogens is 1. The lowest BCUT2D eigenvalue weighted by atomic mass is 9.91. The van der Waals surface area contributed by atoms with Crippen LogP contribution in [-0.2, 0) is 20.8 Å². The minimum atomic E-state index is -0.647. The van der Waals surface area contributed by atoms with E-state index < -0.39 is 5.79 Å². The van der Waals surface area contributed by atoms with Crippen LogP contribution in [0.2, 0.25) is 0 Å². The van der Waals surface area contributed by atoms with Gasteiger partial charge in [-0.2, -0.15) is 0 Å². The Bertz CT molecular complexity index is 1520. The Hall–Kier alpha value is -3.74. The number of carbonyl (C=O) groups is 1. The van der Waals surface area contributed by atoms with Gasteiger partial charge in [-0.25, -0.2) is 4.39 Å². The molecular weight excluding hydrogens is 553 g/mol. The van der Waals surface area contributed by atoms with Gasteiger partial charge in [0.25, 0.3) is 0 Å². The summed E-state index contributed by atoms with van der Waals surface area (Å²) in [6, 6.07) is 28.7. The first-order valence-electron chi connectivity index (χ1n) is 16.1. The van der Waals surface area contributed by atoms with E-state index in [9.17, 15) is 9.18 Å². The lowest BCUT2D eigenvalue weighted by Gasteiger charge is -2.46. The minimum Gasteiger partial charge on any atom is -0.426 e. The zero-order valence-electron chi connectivity index (χ0n) is 25.7. The molecule has 0 unspecified atom stereocenters. The zero-order valence-corrected chi connectivity index (χ0v) is 25.7. The Morgan fingerprint density at radius 2 is 1.55 bits per heavy atom. The van der Waals surface area contributed by atoms with Crippen molar-refractivity contribution in [3.05, 3.63) is 103 Å². The van der Waals surface area contributed by atoms with Crippen LogP contribution in [0, 0.1) is 5.82 Å². The molecule has 5 nitrogen and oxygen atoms in total. The number of benzene rings is 3. The van der Waals surface area contributed by atoms with E-state index in [0.717, 1.165) is 61.0 Å². The van der Waals surface area contributed by atoms with Gasteiger partial charge in [0.15, 0.2) is 5.79 Å². The molecular formula is C38H42FNO4. The molecule has 4 aromatic rings. The summed E-state index contributed by atoms with van der Waals surface area (Å²) in [6.45, 7) is 5.16. The van der Waals surface area contributed by atoms with E-state index in [0.29, 0.717) is 12.2 Å². The smallest absolute Gasteiger partial charge is 0.313 e. The molecule has 0 radical (unpaired) electrons. The van der Waals surface area contributed by atoms with Crippen molar-refractivity contribution in [3.8, 4) is 28.1 Å². The monoisotopic (exact) mass is 595 g/mol. The maximum Gasteiger partial charge on any atom is 0.313 e. The number of rotatable bonds is 9. The van der Waals surface area contributed by atoms with E-state index in [-0.39, 0.29) is 36.3 Å². The lowest BCUT2D eigenvalue weighted by molar-refractivity contribution is -0.329. The Morgan fingerprint density at radius 3 is 2.23 bits per heavy atom. The number of esters is 1. The highest BCUT2D eigenvalue weighted by molar-refractivity contribution is 5.83. The Labute approximate surface area is 260 Å². The van der Waals surface area contributed by atoms with Crippen molar-refractivity contribution < 1.29 is 23.4 Å². The Morgan fingerprint density at radius 1 is 0.886 bits per heavy atom. The quantitative estimate of drug-likeness (QED) is 0.143. The summed E-state index contributed by atoms with van der Waals surface area (Å²) >= 11 is 0. The second kappa shape index (κ2) is 13.5. The number of ether oxygens (including phenoxy) is 3. The molecule has 1 aromatic heterocycles. The summed E-state index contributed by atoms with van der Waals surface area (Å²) in [5, 5.41) is 0. The van der Waals surface area contributed by atoms with Crippen molar-refractivity contribution in [1.82, 2.24) is 4.57 Å². The van der Waals surface area contributed by atoms with Crippen molar-refractivity contribution in [2.24, 2.45) is 0 Å². The first-order valence-corrected chi connectivity index (χ1v) is 16.1. The number of carbonyl (C=O) groups excluding carboxylic acids is 1. The van der Waals surface area contributed by atoms with Crippen LogP contribution in [0.25, 0.3) is 22.4 Å². The van der Waals surface area contributed by atoms with Gasteiger partial charge in [0.05, 0.1) is 24.3 Å². The third-order valence-corrected chi connectivity index (χ3v) is 8.87. The van der Waals surface area contributed by atoms with E-state index in [1.54, 1.807) is 12.1 Å². The van der Waals surface area contributed by atoms with E-state index >= 15 is 0 Å². The highest BCUT2D eigenvalue weighted by Gasteiger charge is 2.44. The summed E-state index contributed by atoms with van der Waals surface area (Å²) < 4.78 is 35.4. The van der Waals surface area contributed by atoms with Crippen LogP contribution in [0.4, 0.5) is 4.39 Å². The van der Waals surface area contributed by atoms with E-state index in [1.165, 1.54) is 24.2 Å². The van der Waals surface area contributed by atoms with Crippen LogP contribution in [0.1, 0.15) is 76.8 Å². The predicted molar refractivity (Wildman–Crippen MR) is 171 cm³/mol. The number of hydrogen-bond donors (Lipinski definition) is 0. The van der Waals surface area contributed by atoms with Crippen LogP contribution < -0.4 is 4.74 Å². The van der Waals surface area contributed by atoms with Crippen LogP contribution in [0.3, 0.4) is 0 Å². The van der Waals surface area contributed by atoms with Gasteiger partial charge < -0.3 is 18.8 Å². The summed E-state index contributed by atoms with van der Waals surface area (Å²) in [4.78, 5) is 12.9. The van der Waals surface area contributed by atoms with Gasteiger partial charge in [-0.05, 0) is 78.8 Å². The second-order valence-corrected chi connectivity index (χ2v) is 12.5. The minimum absolute atomic E-state index is 0.0694. The fourth-order valence-corrected chi connectivity index (χ4v) is 6.82. The number of hydrogen-bond acceptors (Lipinski definition) is 4. The second-order valence-electron chi connectivity index (χ2n) is 12.5. The van der Waals surface area contributed by atoms with Crippen molar-refractivity contribution in [2.45, 2.75) is 95.7 Å². The van der Waals surface area contributed by atoms with Crippen molar-refractivity contribution in [1.29, 1.82) is 0 Å². The molecule has 6 heteroatoms. The maximum absolute atomic E-state index is 14.0. The molecule has 2 fully saturated rings. The average molecular weight is 596 g/mol. The fraction of sp³-hybridized carbons (Fsp3) is 0.395. The van der Waals surface area contributed by atoms with Crippen LogP contribution in [0.15, 0.2) is 91.0 Å². The molecule has 1 spiro atoms. The molecule has 3 aromatic carbocycles. The van der Waals surface area contributed by atoms with E-state index in [1.807, 2.05) is 36.4 Å². The first kappa shape index (κ1) is 30.3. The van der Waals surface area contributed by atoms with Gasteiger partial charge in [0.2, 0.25) is 0 Å². The molecule has 44 heavy (non-hydrogen) atoms. The summed E-state index contributed by atoms with van der Waals surface area (Å²) in [5.41, 5.74) is 5.57. The standard InChI is InChI=1S/C38H42FNO4/c1-27(2)35-26-34(28-12-6-3-7-13-28)37(29-16-18-30(39)19-17-29)40(35)23-20-32-24-33(44-38(43-32)21-10-5-11-22-38)25-36(41)42-31-14-8-4-9-15-31/h3-4,6-9,12-19,26-27,32-33H,5,10-11,20-25H2,1-2H3/t32-,33-/m1/s1. The van der Waals surface area contributed by atoms with Gasteiger partial charge >= 0.3 is 5.97 Å². The van der Waals surface area contributed by atoms with Gasteiger partial charge in [-0.1, -0.05) is 68.8 Å². The predicted octanol–water partition coefficient (Wildman–Crippen LogP) is 9.30. The van der Waals surface area contributed by atoms with Gasteiger partial charge in [0.1, 0.15) is 11.6 Å². The molecule has 2 aliphatic rings. The molecule has 230 valence electrons. The normalized spacial score (nSPS) is 19.7. The molecule has 2 heterocycles. The van der Waals surface area contributed by atoms with Crippen molar-refractivity contribution >= 4 is 5.97 Å². The molecule has 6 rings (SSSR count). The molecule has 0 N–H and O–H groups in total. The molecule has 0 bridgehead atoms.